The minimum atomic E-state index is -0.298. The summed E-state index contributed by atoms with van der Waals surface area (Å²) in [7, 11) is -0.292. The molecule has 0 spiro atoms. The number of benzene rings is 1. The van der Waals surface area contributed by atoms with Crippen LogP contribution in [0.5, 0.6) is 0 Å². The number of rotatable bonds is 3. The molecule has 1 aliphatic heterocycles. The molecule has 1 fully saturated rings. The third-order valence-electron chi connectivity index (χ3n) is 4.66. The standard InChI is InChI=1S/C18H22BNO2/c1-17(2)18(3,4)22-19(21-17)16-7-5-14(6-8-16)13-15-9-11-20-12-10-15/h5-12H,13H2,1-4H3. The summed E-state index contributed by atoms with van der Waals surface area (Å²) < 4.78 is 12.2. The Morgan fingerprint density at radius 3 is 1.86 bits per heavy atom. The van der Waals surface area contributed by atoms with E-state index >= 15 is 0 Å². The topological polar surface area (TPSA) is 31.4 Å². The summed E-state index contributed by atoms with van der Waals surface area (Å²) in [6.45, 7) is 8.30. The van der Waals surface area contributed by atoms with Crippen LogP contribution in [0.3, 0.4) is 0 Å². The highest BCUT2D eigenvalue weighted by atomic mass is 16.7. The Bertz CT molecular complexity index is 622. The van der Waals surface area contributed by atoms with Gasteiger partial charge in [-0.05, 0) is 62.8 Å². The maximum atomic E-state index is 6.08. The Hall–Kier alpha value is -1.65. The second kappa shape index (κ2) is 5.52. The molecule has 0 N–H and O–H groups in total. The van der Waals surface area contributed by atoms with Crippen LogP contribution in [0.25, 0.3) is 0 Å². The molecule has 0 saturated carbocycles. The van der Waals surface area contributed by atoms with E-state index in [1.165, 1.54) is 11.1 Å². The zero-order valence-corrected chi connectivity index (χ0v) is 13.7. The summed E-state index contributed by atoms with van der Waals surface area (Å²) in [5.74, 6) is 0. The third kappa shape index (κ3) is 2.94. The maximum absolute atomic E-state index is 6.08. The van der Waals surface area contributed by atoms with Crippen molar-refractivity contribution in [2.45, 2.75) is 45.3 Å². The molecule has 1 aliphatic rings. The minimum Gasteiger partial charge on any atom is -0.399 e. The number of aromatic nitrogens is 1. The summed E-state index contributed by atoms with van der Waals surface area (Å²) in [6.07, 6.45) is 4.56. The van der Waals surface area contributed by atoms with Crippen LogP contribution in [0, 0.1) is 0 Å². The number of nitrogens with zero attached hydrogens (tertiary/aromatic N) is 1. The predicted molar refractivity (Wildman–Crippen MR) is 89.2 cm³/mol. The van der Waals surface area contributed by atoms with Gasteiger partial charge in [0.2, 0.25) is 0 Å². The first kappa shape index (κ1) is 15.3. The molecule has 0 radical (unpaired) electrons. The first-order valence-corrected chi connectivity index (χ1v) is 7.71. The molecule has 3 rings (SSSR count). The fourth-order valence-corrected chi connectivity index (χ4v) is 2.51. The lowest BCUT2D eigenvalue weighted by Crippen LogP contribution is -2.41. The lowest BCUT2D eigenvalue weighted by atomic mass is 9.78. The third-order valence-corrected chi connectivity index (χ3v) is 4.66. The molecule has 3 nitrogen and oxygen atoms in total. The fourth-order valence-electron chi connectivity index (χ4n) is 2.51. The highest BCUT2D eigenvalue weighted by Crippen LogP contribution is 2.36. The average molecular weight is 295 g/mol. The van der Waals surface area contributed by atoms with E-state index in [0.717, 1.165) is 11.9 Å². The Balaban J connectivity index is 1.73. The molecule has 1 aromatic carbocycles. The van der Waals surface area contributed by atoms with Gasteiger partial charge in [-0.25, -0.2) is 0 Å². The van der Waals surface area contributed by atoms with Gasteiger partial charge in [-0.15, -0.1) is 0 Å². The van der Waals surface area contributed by atoms with Gasteiger partial charge in [0.05, 0.1) is 11.2 Å². The number of hydrogen-bond donors (Lipinski definition) is 0. The number of pyridine rings is 1. The smallest absolute Gasteiger partial charge is 0.399 e. The molecule has 0 unspecified atom stereocenters. The van der Waals surface area contributed by atoms with Crippen molar-refractivity contribution >= 4 is 12.6 Å². The van der Waals surface area contributed by atoms with Gasteiger partial charge in [0, 0.05) is 12.4 Å². The zero-order valence-electron chi connectivity index (χ0n) is 13.7. The molecule has 22 heavy (non-hydrogen) atoms. The highest BCUT2D eigenvalue weighted by molar-refractivity contribution is 6.62. The molecular formula is C18H22BNO2. The van der Waals surface area contributed by atoms with Gasteiger partial charge in [-0.2, -0.15) is 0 Å². The van der Waals surface area contributed by atoms with E-state index in [1.807, 2.05) is 24.5 Å². The van der Waals surface area contributed by atoms with Gasteiger partial charge in [-0.3, -0.25) is 4.98 Å². The summed E-state index contributed by atoms with van der Waals surface area (Å²) >= 11 is 0. The minimum absolute atomic E-state index is 0.292. The van der Waals surface area contributed by atoms with Crippen LogP contribution < -0.4 is 5.46 Å². The van der Waals surface area contributed by atoms with Gasteiger partial charge >= 0.3 is 7.12 Å². The molecule has 2 aromatic rings. The highest BCUT2D eigenvalue weighted by Gasteiger charge is 2.51. The molecular weight excluding hydrogens is 273 g/mol. The van der Waals surface area contributed by atoms with Crippen molar-refractivity contribution in [3.63, 3.8) is 0 Å². The summed E-state index contributed by atoms with van der Waals surface area (Å²) in [5.41, 5.74) is 3.00. The van der Waals surface area contributed by atoms with Crippen LogP contribution in [-0.2, 0) is 15.7 Å². The molecule has 1 saturated heterocycles. The molecule has 4 heteroatoms. The van der Waals surface area contributed by atoms with Crippen molar-refractivity contribution in [3.05, 3.63) is 59.9 Å². The summed E-state index contributed by atoms with van der Waals surface area (Å²) in [4.78, 5) is 4.05. The maximum Gasteiger partial charge on any atom is 0.494 e. The molecule has 2 heterocycles. The molecule has 0 atom stereocenters. The lowest BCUT2D eigenvalue weighted by molar-refractivity contribution is 0.00578. The van der Waals surface area contributed by atoms with E-state index in [4.69, 9.17) is 9.31 Å². The first-order valence-electron chi connectivity index (χ1n) is 7.71. The SMILES string of the molecule is CC1(C)OB(c2ccc(Cc3ccncc3)cc2)OC1(C)C. The van der Waals surface area contributed by atoms with E-state index in [1.54, 1.807) is 0 Å². The van der Waals surface area contributed by atoms with Crippen molar-refractivity contribution in [1.82, 2.24) is 4.98 Å². The van der Waals surface area contributed by atoms with E-state index < -0.39 is 0 Å². The summed E-state index contributed by atoms with van der Waals surface area (Å²) in [5, 5.41) is 0. The fraction of sp³-hybridized carbons (Fsp3) is 0.389. The van der Waals surface area contributed by atoms with Crippen molar-refractivity contribution in [2.75, 3.05) is 0 Å². The van der Waals surface area contributed by atoms with Crippen LogP contribution in [-0.4, -0.2) is 23.3 Å². The molecule has 1 aromatic heterocycles. The van der Waals surface area contributed by atoms with Gasteiger partial charge in [0.1, 0.15) is 0 Å². The molecule has 0 bridgehead atoms. The lowest BCUT2D eigenvalue weighted by Gasteiger charge is -2.32. The van der Waals surface area contributed by atoms with Gasteiger partial charge in [0.25, 0.3) is 0 Å². The second-order valence-electron chi connectivity index (χ2n) is 6.86. The van der Waals surface area contributed by atoms with Gasteiger partial charge in [-0.1, -0.05) is 24.3 Å². The van der Waals surface area contributed by atoms with E-state index in [0.29, 0.717) is 0 Å². The molecule has 0 aliphatic carbocycles. The van der Waals surface area contributed by atoms with Crippen molar-refractivity contribution in [1.29, 1.82) is 0 Å². The molecule has 114 valence electrons. The Labute approximate surface area is 132 Å². The van der Waals surface area contributed by atoms with Crippen LogP contribution in [0.4, 0.5) is 0 Å². The van der Waals surface area contributed by atoms with E-state index in [9.17, 15) is 0 Å². The van der Waals surface area contributed by atoms with E-state index in [2.05, 4.69) is 56.9 Å². The summed E-state index contributed by atoms with van der Waals surface area (Å²) in [6, 6.07) is 12.6. The molecule has 0 amide bonds. The van der Waals surface area contributed by atoms with Crippen LogP contribution in [0.1, 0.15) is 38.8 Å². The van der Waals surface area contributed by atoms with Crippen LogP contribution in [0.15, 0.2) is 48.8 Å². The normalized spacial score (nSPS) is 19.4. The Morgan fingerprint density at radius 2 is 1.32 bits per heavy atom. The first-order chi connectivity index (χ1) is 10.4. The second-order valence-corrected chi connectivity index (χ2v) is 6.86. The largest absolute Gasteiger partial charge is 0.494 e. The van der Waals surface area contributed by atoms with Gasteiger partial charge < -0.3 is 9.31 Å². The van der Waals surface area contributed by atoms with Crippen LogP contribution >= 0.6 is 0 Å². The zero-order chi connectivity index (χ0) is 15.8. The average Bonchev–Trinajstić information content (AvgIpc) is 2.69. The Morgan fingerprint density at radius 1 is 0.818 bits per heavy atom. The van der Waals surface area contributed by atoms with Gasteiger partial charge in [0.15, 0.2) is 0 Å². The Kier molecular flexibility index (Phi) is 3.83. The van der Waals surface area contributed by atoms with Crippen molar-refractivity contribution in [2.24, 2.45) is 0 Å². The van der Waals surface area contributed by atoms with Crippen molar-refractivity contribution < 1.29 is 9.31 Å². The monoisotopic (exact) mass is 295 g/mol. The van der Waals surface area contributed by atoms with E-state index in [-0.39, 0.29) is 18.3 Å². The van der Waals surface area contributed by atoms with Crippen LogP contribution in [0.2, 0.25) is 0 Å². The van der Waals surface area contributed by atoms with Crippen molar-refractivity contribution in [3.8, 4) is 0 Å². The quantitative estimate of drug-likeness (QED) is 0.816. The predicted octanol–water partition coefficient (Wildman–Crippen LogP) is 2.97. The number of hydrogen-bond acceptors (Lipinski definition) is 3.